The number of benzene rings is 1. The number of hydrogen-bond donors (Lipinski definition) is 1. The van der Waals surface area contributed by atoms with E-state index in [0.717, 1.165) is 11.3 Å². The van der Waals surface area contributed by atoms with Crippen molar-refractivity contribution in [3.8, 4) is 5.75 Å². The van der Waals surface area contributed by atoms with E-state index in [0.29, 0.717) is 11.4 Å². The summed E-state index contributed by atoms with van der Waals surface area (Å²) in [6, 6.07) is 7.24. The van der Waals surface area contributed by atoms with E-state index < -0.39 is 0 Å². The van der Waals surface area contributed by atoms with Crippen molar-refractivity contribution in [3.63, 3.8) is 0 Å². The molecule has 0 radical (unpaired) electrons. The van der Waals surface area contributed by atoms with Crippen molar-refractivity contribution in [1.82, 2.24) is 5.32 Å². The summed E-state index contributed by atoms with van der Waals surface area (Å²) in [5.41, 5.74) is 0.813. The summed E-state index contributed by atoms with van der Waals surface area (Å²) >= 11 is 5.07. The highest BCUT2D eigenvalue weighted by Crippen LogP contribution is 2.11. The van der Waals surface area contributed by atoms with Gasteiger partial charge in [0.2, 0.25) is 5.91 Å². The molecule has 0 aromatic heterocycles. The number of thiocarbonyl (C=S) groups is 1. The minimum atomic E-state index is -0.0733. The van der Waals surface area contributed by atoms with Crippen molar-refractivity contribution in [3.05, 3.63) is 29.8 Å². The molecule has 0 saturated carbocycles. The second-order valence-electron chi connectivity index (χ2n) is 2.96. The van der Waals surface area contributed by atoms with Crippen molar-refractivity contribution < 1.29 is 9.53 Å². The molecule has 80 valence electrons. The van der Waals surface area contributed by atoms with Crippen LogP contribution in [-0.4, -0.2) is 18.0 Å². The fourth-order valence-electron chi connectivity index (χ4n) is 1.03. The van der Waals surface area contributed by atoms with Crippen LogP contribution in [0.2, 0.25) is 0 Å². The minimum Gasteiger partial charge on any atom is -0.497 e. The topological polar surface area (TPSA) is 38.3 Å². The summed E-state index contributed by atoms with van der Waals surface area (Å²) in [5, 5.41) is 2.64. The Hall–Kier alpha value is -1.42. The first kappa shape index (κ1) is 11.7. The third-order valence-corrected chi connectivity index (χ3v) is 2.26. The third kappa shape index (κ3) is 3.32. The maximum Gasteiger partial charge on any atom is 0.224 e. The largest absolute Gasteiger partial charge is 0.497 e. The van der Waals surface area contributed by atoms with Gasteiger partial charge in [0.25, 0.3) is 0 Å². The van der Waals surface area contributed by atoms with Gasteiger partial charge in [0.15, 0.2) is 0 Å². The quantitative estimate of drug-likeness (QED) is 0.795. The molecule has 0 aliphatic rings. The van der Waals surface area contributed by atoms with Gasteiger partial charge in [-0.25, -0.2) is 0 Å². The summed E-state index contributed by atoms with van der Waals surface area (Å²) in [6.07, 6.45) is 0.427. The number of carbonyl (C=O) groups is 1. The minimum absolute atomic E-state index is 0.0733. The Morgan fingerprint density at radius 2 is 2.00 bits per heavy atom. The van der Waals surface area contributed by atoms with Gasteiger partial charge >= 0.3 is 0 Å². The average molecular weight is 223 g/mol. The molecule has 0 aliphatic carbocycles. The number of ether oxygens (including phenoxy) is 1. The molecule has 1 amide bonds. The van der Waals surface area contributed by atoms with E-state index in [1.165, 1.54) is 0 Å². The number of methoxy groups -OCH3 is 1. The average Bonchev–Trinajstić information content (AvgIpc) is 2.29. The lowest BCUT2D eigenvalue weighted by molar-refractivity contribution is -0.119. The lowest BCUT2D eigenvalue weighted by Crippen LogP contribution is -2.28. The number of rotatable bonds is 3. The van der Waals surface area contributed by atoms with Crippen LogP contribution in [-0.2, 0) is 4.79 Å². The van der Waals surface area contributed by atoms with Crippen LogP contribution in [0.25, 0.3) is 0 Å². The SMILES string of the molecule is CCC(=O)NC(=S)c1ccc(OC)cc1. The number of amides is 1. The van der Waals surface area contributed by atoms with E-state index in [4.69, 9.17) is 17.0 Å². The smallest absolute Gasteiger partial charge is 0.224 e. The molecule has 0 heterocycles. The van der Waals surface area contributed by atoms with E-state index in [2.05, 4.69) is 5.32 Å². The Morgan fingerprint density at radius 3 is 2.47 bits per heavy atom. The zero-order valence-corrected chi connectivity index (χ0v) is 9.56. The van der Waals surface area contributed by atoms with Crippen molar-refractivity contribution in [1.29, 1.82) is 0 Å². The predicted molar refractivity (Wildman–Crippen MR) is 63.1 cm³/mol. The lowest BCUT2D eigenvalue weighted by Gasteiger charge is -2.06. The molecule has 0 atom stereocenters. The summed E-state index contributed by atoms with van der Waals surface area (Å²) in [5.74, 6) is 0.694. The van der Waals surface area contributed by atoms with E-state index in [1.54, 1.807) is 26.2 Å². The van der Waals surface area contributed by atoms with Gasteiger partial charge in [-0.15, -0.1) is 0 Å². The molecular formula is C11H13NO2S. The number of nitrogens with one attached hydrogen (secondary N) is 1. The molecule has 4 heteroatoms. The zero-order chi connectivity index (χ0) is 11.3. The fraction of sp³-hybridized carbons (Fsp3) is 0.273. The van der Waals surface area contributed by atoms with Gasteiger partial charge in [0.05, 0.1) is 7.11 Å². The summed E-state index contributed by atoms with van der Waals surface area (Å²) in [6.45, 7) is 1.78. The van der Waals surface area contributed by atoms with Crippen LogP contribution in [0.5, 0.6) is 5.75 Å². The van der Waals surface area contributed by atoms with E-state index in [9.17, 15) is 4.79 Å². The molecule has 1 N–H and O–H groups in total. The van der Waals surface area contributed by atoms with Gasteiger partial charge in [-0.3, -0.25) is 4.79 Å². The van der Waals surface area contributed by atoms with Gasteiger partial charge in [-0.2, -0.15) is 0 Å². The Balaban J connectivity index is 2.70. The highest BCUT2D eigenvalue weighted by Gasteiger charge is 2.04. The standard InChI is InChI=1S/C11H13NO2S/c1-3-10(13)12-11(15)8-4-6-9(14-2)7-5-8/h4-7H,3H2,1-2H3,(H,12,13,15). The molecule has 0 saturated heterocycles. The second-order valence-corrected chi connectivity index (χ2v) is 3.37. The first-order valence-corrected chi connectivity index (χ1v) is 5.06. The molecule has 1 aromatic carbocycles. The van der Waals surface area contributed by atoms with Crippen molar-refractivity contribution in [2.75, 3.05) is 7.11 Å². The molecule has 0 bridgehead atoms. The first-order chi connectivity index (χ1) is 7.17. The molecule has 1 rings (SSSR count). The van der Waals surface area contributed by atoms with Crippen LogP contribution in [0.4, 0.5) is 0 Å². The van der Waals surface area contributed by atoms with Gasteiger partial charge < -0.3 is 10.1 Å². The van der Waals surface area contributed by atoms with E-state index in [1.807, 2.05) is 12.1 Å². The summed E-state index contributed by atoms with van der Waals surface area (Å²) in [4.78, 5) is 11.5. The van der Waals surface area contributed by atoms with Crippen LogP contribution >= 0.6 is 12.2 Å². The lowest BCUT2D eigenvalue weighted by atomic mass is 10.2. The van der Waals surface area contributed by atoms with Crippen LogP contribution in [0, 0.1) is 0 Å². The number of hydrogen-bond acceptors (Lipinski definition) is 3. The maximum atomic E-state index is 11.1. The van der Waals surface area contributed by atoms with Gasteiger partial charge in [-0.05, 0) is 24.3 Å². The van der Waals surface area contributed by atoms with Crippen LogP contribution in [0.1, 0.15) is 18.9 Å². The highest BCUT2D eigenvalue weighted by molar-refractivity contribution is 7.80. The van der Waals surface area contributed by atoms with Crippen molar-refractivity contribution in [2.24, 2.45) is 0 Å². The fourth-order valence-corrected chi connectivity index (χ4v) is 1.28. The van der Waals surface area contributed by atoms with Crippen molar-refractivity contribution in [2.45, 2.75) is 13.3 Å². The van der Waals surface area contributed by atoms with Gasteiger partial charge in [0.1, 0.15) is 10.7 Å². The molecule has 0 fully saturated rings. The monoisotopic (exact) mass is 223 g/mol. The maximum absolute atomic E-state index is 11.1. The van der Waals surface area contributed by atoms with Crippen LogP contribution in [0.15, 0.2) is 24.3 Å². The molecule has 0 aliphatic heterocycles. The molecule has 15 heavy (non-hydrogen) atoms. The molecule has 1 aromatic rings. The van der Waals surface area contributed by atoms with Crippen LogP contribution in [0.3, 0.4) is 0 Å². The predicted octanol–water partition coefficient (Wildman–Crippen LogP) is 1.90. The van der Waals surface area contributed by atoms with E-state index >= 15 is 0 Å². The molecule has 0 unspecified atom stereocenters. The summed E-state index contributed by atoms with van der Waals surface area (Å²) < 4.78 is 5.02. The molecule has 0 spiro atoms. The first-order valence-electron chi connectivity index (χ1n) is 4.65. The third-order valence-electron chi connectivity index (χ3n) is 1.93. The Morgan fingerprint density at radius 1 is 1.40 bits per heavy atom. The Kier molecular flexibility index (Phi) is 4.24. The van der Waals surface area contributed by atoms with Gasteiger partial charge in [0, 0.05) is 12.0 Å². The van der Waals surface area contributed by atoms with Crippen molar-refractivity contribution >= 4 is 23.1 Å². The van der Waals surface area contributed by atoms with Crippen LogP contribution < -0.4 is 10.1 Å². The number of carbonyl (C=O) groups excluding carboxylic acids is 1. The molecule has 3 nitrogen and oxygen atoms in total. The Bertz CT molecular complexity index is 359. The second kappa shape index (κ2) is 5.46. The Labute approximate surface area is 94.4 Å². The normalized spacial score (nSPS) is 9.47. The van der Waals surface area contributed by atoms with Gasteiger partial charge in [-0.1, -0.05) is 19.1 Å². The molecular weight excluding hydrogens is 210 g/mol. The zero-order valence-electron chi connectivity index (χ0n) is 8.74. The highest BCUT2D eigenvalue weighted by atomic mass is 32.1. The van der Waals surface area contributed by atoms with E-state index in [-0.39, 0.29) is 5.91 Å². The summed E-state index contributed by atoms with van der Waals surface area (Å²) in [7, 11) is 1.60.